The second-order valence-electron chi connectivity index (χ2n) is 4.13. The molecule has 0 atom stereocenters. The summed E-state index contributed by atoms with van der Waals surface area (Å²) in [6, 6.07) is 8.45. The van der Waals surface area contributed by atoms with E-state index in [1.54, 1.807) is 0 Å². The molecule has 2 rings (SSSR count). The molecule has 0 unspecified atom stereocenters. The highest BCUT2D eigenvalue weighted by molar-refractivity contribution is 9.10. The molecule has 0 aromatic heterocycles. The molecular weight excluding hydrogens is 254 g/mol. The summed E-state index contributed by atoms with van der Waals surface area (Å²) in [5, 5.41) is 9.40. The van der Waals surface area contributed by atoms with Gasteiger partial charge in [-0.15, -0.1) is 0 Å². The monoisotopic (exact) mass is 269 g/mol. The third-order valence-electron chi connectivity index (χ3n) is 2.88. The maximum absolute atomic E-state index is 9.40. The van der Waals surface area contributed by atoms with Crippen LogP contribution in [0.25, 0.3) is 0 Å². The zero-order valence-electron chi connectivity index (χ0n) is 8.69. The highest BCUT2D eigenvalue weighted by Gasteiger charge is 2.16. The van der Waals surface area contributed by atoms with Crippen molar-refractivity contribution in [3.63, 3.8) is 0 Å². The predicted molar refractivity (Wildman–Crippen MR) is 64.7 cm³/mol. The van der Waals surface area contributed by atoms with E-state index >= 15 is 0 Å². The van der Waals surface area contributed by atoms with Gasteiger partial charge in [-0.25, -0.2) is 0 Å². The Morgan fingerprint density at radius 3 is 2.40 bits per heavy atom. The van der Waals surface area contributed by atoms with E-state index < -0.39 is 0 Å². The van der Waals surface area contributed by atoms with Crippen LogP contribution in [-0.2, 0) is 6.54 Å². The van der Waals surface area contributed by atoms with Gasteiger partial charge in [0.05, 0.1) is 6.10 Å². The van der Waals surface area contributed by atoms with E-state index in [0.29, 0.717) is 0 Å². The zero-order chi connectivity index (χ0) is 10.7. The zero-order valence-corrected chi connectivity index (χ0v) is 10.3. The first-order chi connectivity index (χ1) is 7.24. The SMILES string of the molecule is OC1CCN(Cc2ccc(Br)cc2)CC1. The quantitative estimate of drug-likeness (QED) is 0.892. The molecule has 15 heavy (non-hydrogen) atoms. The molecule has 1 heterocycles. The maximum atomic E-state index is 9.40. The summed E-state index contributed by atoms with van der Waals surface area (Å²) in [4.78, 5) is 2.40. The van der Waals surface area contributed by atoms with E-state index in [2.05, 4.69) is 45.1 Å². The van der Waals surface area contributed by atoms with Gasteiger partial charge in [0.1, 0.15) is 0 Å². The predicted octanol–water partition coefficient (Wildman–Crippen LogP) is 2.41. The molecule has 0 saturated carbocycles. The molecule has 0 radical (unpaired) electrons. The van der Waals surface area contributed by atoms with Crippen LogP contribution in [-0.4, -0.2) is 29.2 Å². The van der Waals surface area contributed by atoms with Crippen molar-refractivity contribution in [3.8, 4) is 0 Å². The lowest BCUT2D eigenvalue weighted by Crippen LogP contribution is -2.35. The largest absolute Gasteiger partial charge is 0.393 e. The summed E-state index contributed by atoms with van der Waals surface area (Å²) in [6.07, 6.45) is 1.75. The third-order valence-corrected chi connectivity index (χ3v) is 3.41. The fraction of sp³-hybridized carbons (Fsp3) is 0.500. The number of benzene rings is 1. The second kappa shape index (κ2) is 5.10. The van der Waals surface area contributed by atoms with E-state index in [4.69, 9.17) is 0 Å². The van der Waals surface area contributed by atoms with Gasteiger partial charge < -0.3 is 5.11 Å². The number of hydrogen-bond acceptors (Lipinski definition) is 2. The van der Waals surface area contributed by atoms with Crippen molar-refractivity contribution >= 4 is 15.9 Å². The van der Waals surface area contributed by atoms with Crippen LogP contribution in [0.3, 0.4) is 0 Å². The molecule has 0 spiro atoms. The van der Waals surface area contributed by atoms with Crippen LogP contribution in [0.4, 0.5) is 0 Å². The Morgan fingerprint density at radius 1 is 1.20 bits per heavy atom. The van der Waals surface area contributed by atoms with Crippen LogP contribution >= 0.6 is 15.9 Å². The third kappa shape index (κ3) is 3.30. The number of likely N-dealkylation sites (tertiary alicyclic amines) is 1. The summed E-state index contributed by atoms with van der Waals surface area (Å²) in [7, 11) is 0. The Kier molecular flexibility index (Phi) is 3.78. The summed E-state index contributed by atoms with van der Waals surface area (Å²) in [5.41, 5.74) is 1.34. The van der Waals surface area contributed by atoms with Crippen LogP contribution in [0, 0.1) is 0 Å². The lowest BCUT2D eigenvalue weighted by atomic mass is 10.1. The Morgan fingerprint density at radius 2 is 1.80 bits per heavy atom. The van der Waals surface area contributed by atoms with E-state index in [9.17, 15) is 5.11 Å². The lowest BCUT2D eigenvalue weighted by Gasteiger charge is -2.29. The summed E-state index contributed by atoms with van der Waals surface area (Å²) in [5.74, 6) is 0. The molecule has 1 aliphatic heterocycles. The van der Waals surface area contributed by atoms with Gasteiger partial charge in [-0.3, -0.25) is 4.90 Å². The van der Waals surface area contributed by atoms with Crippen molar-refractivity contribution in [2.45, 2.75) is 25.5 Å². The van der Waals surface area contributed by atoms with Gasteiger partial charge in [-0.05, 0) is 30.5 Å². The first kappa shape index (κ1) is 11.1. The number of halogens is 1. The maximum Gasteiger partial charge on any atom is 0.0564 e. The van der Waals surface area contributed by atoms with E-state index in [1.165, 1.54) is 5.56 Å². The fourth-order valence-corrected chi connectivity index (χ4v) is 2.19. The van der Waals surface area contributed by atoms with Crippen LogP contribution < -0.4 is 0 Å². The number of nitrogens with zero attached hydrogens (tertiary/aromatic N) is 1. The number of aliphatic hydroxyl groups is 1. The van der Waals surface area contributed by atoms with Crippen molar-refractivity contribution in [2.75, 3.05) is 13.1 Å². The van der Waals surface area contributed by atoms with Gasteiger partial charge in [0.25, 0.3) is 0 Å². The summed E-state index contributed by atoms with van der Waals surface area (Å²) in [6.45, 7) is 3.02. The minimum atomic E-state index is -0.0776. The smallest absolute Gasteiger partial charge is 0.0564 e. The number of rotatable bonds is 2. The summed E-state index contributed by atoms with van der Waals surface area (Å²) < 4.78 is 1.13. The Hall–Kier alpha value is -0.380. The highest BCUT2D eigenvalue weighted by atomic mass is 79.9. The normalized spacial score (nSPS) is 19.3. The van der Waals surface area contributed by atoms with Crippen molar-refractivity contribution in [1.82, 2.24) is 4.90 Å². The minimum absolute atomic E-state index is 0.0776. The van der Waals surface area contributed by atoms with Crippen LogP contribution in [0.2, 0.25) is 0 Å². The van der Waals surface area contributed by atoms with Crippen LogP contribution in [0.5, 0.6) is 0 Å². The van der Waals surface area contributed by atoms with Crippen LogP contribution in [0.15, 0.2) is 28.7 Å². The molecule has 1 aromatic carbocycles. The molecule has 1 aliphatic rings. The van der Waals surface area contributed by atoms with Crippen molar-refractivity contribution in [1.29, 1.82) is 0 Å². The lowest BCUT2D eigenvalue weighted by molar-refractivity contribution is 0.0792. The first-order valence-corrected chi connectivity index (χ1v) is 6.18. The molecule has 1 saturated heterocycles. The average molecular weight is 270 g/mol. The Labute approximate surface area is 99.0 Å². The Bertz CT molecular complexity index is 304. The van der Waals surface area contributed by atoms with Crippen LogP contribution in [0.1, 0.15) is 18.4 Å². The van der Waals surface area contributed by atoms with Gasteiger partial charge in [-0.1, -0.05) is 28.1 Å². The van der Waals surface area contributed by atoms with Crippen molar-refractivity contribution < 1.29 is 5.11 Å². The van der Waals surface area contributed by atoms with E-state index in [-0.39, 0.29) is 6.10 Å². The molecule has 2 nitrogen and oxygen atoms in total. The fourth-order valence-electron chi connectivity index (χ4n) is 1.93. The highest BCUT2D eigenvalue weighted by Crippen LogP contribution is 2.15. The average Bonchev–Trinajstić information content (AvgIpc) is 2.25. The Balaban J connectivity index is 1.89. The van der Waals surface area contributed by atoms with Gasteiger partial charge in [0, 0.05) is 24.1 Å². The second-order valence-corrected chi connectivity index (χ2v) is 5.05. The number of piperidine rings is 1. The standard InChI is InChI=1S/C12H16BrNO/c13-11-3-1-10(2-4-11)9-14-7-5-12(15)6-8-14/h1-4,12,15H,5-9H2. The van der Waals surface area contributed by atoms with E-state index in [0.717, 1.165) is 36.9 Å². The molecule has 3 heteroatoms. The molecular formula is C12H16BrNO. The topological polar surface area (TPSA) is 23.5 Å². The molecule has 1 aromatic rings. The summed E-state index contributed by atoms with van der Waals surface area (Å²) >= 11 is 3.43. The van der Waals surface area contributed by atoms with E-state index in [1.807, 2.05) is 0 Å². The molecule has 82 valence electrons. The van der Waals surface area contributed by atoms with Crippen molar-refractivity contribution in [2.24, 2.45) is 0 Å². The molecule has 0 aliphatic carbocycles. The van der Waals surface area contributed by atoms with Gasteiger partial charge in [0.15, 0.2) is 0 Å². The number of hydrogen-bond donors (Lipinski definition) is 1. The molecule has 1 N–H and O–H groups in total. The number of aliphatic hydroxyl groups excluding tert-OH is 1. The first-order valence-electron chi connectivity index (χ1n) is 5.39. The molecule has 1 fully saturated rings. The van der Waals surface area contributed by atoms with Gasteiger partial charge >= 0.3 is 0 Å². The van der Waals surface area contributed by atoms with Crippen molar-refractivity contribution in [3.05, 3.63) is 34.3 Å². The minimum Gasteiger partial charge on any atom is -0.393 e. The van der Waals surface area contributed by atoms with Gasteiger partial charge in [0.2, 0.25) is 0 Å². The van der Waals surface area contributed by atoms with Gasteiger partial charge in [-0.2, -0.15) is 0 Å². The molecule has 0 bridgehead atoms. The molecule has 0 amide bonds.